The highest BCUT2D eigenvalue weighted by Crippen LogP contribution is 2.42. The number of pyridine rings is 1. The molecule has 0 atom stereocenters. The van der Waals surface area contributed by atoms with E-state index in [2.05, 4.69) is 20.2 Å². The third-order valence-corrected chi connectivity index (χ3v) is 6.24. The fraction of sp³-hybridized carbons (Fsp3) is 0.391. The molecule has 8 nitrogen and oxygen atoms in total. The lowest BCUT2D eigenvalue weighted by Crippen LogP contribution is -2.78. The molecule has 4 heterocycles. The highest BCUT2D eigenvalue weighted by atomic mass is 35.5. The number of benzene rings is 1. The normalized spacial score (nSPS) is 17.0. The van der Waals surface area contributed by atoms with Crippen molar-refractivity contribution >= 4 is 46.1 Å². The molecule has 2 aromatic heterocycles. The molecule has 2 fully saturated rings. The lowest BCUT2D eigenvalue weighted by Gasteiger charge is -2.62. The van der Waals surface area contributed by atoms with Crippen LogP contribution < -0.4 is 10.2 Å². The molecular weight excluding hydrogens is 447 g/mol. The van der Waals surface area contributed by atoms with E-state index in [4.69, 9.17) is 21.3 Å². The number of aromatic nitrogens is 3. The Bertz CT molecular complexity index is 1240. The zero-order valence-electron chi connectivity index (χ0n) is 18.6. The van der Waals surface area contributed by atoms with Crippen molar-refractivity contribution in [3.05, 3.63) is 47.5 Å². The number of nitrogens with zero attached hydrogens (tertiary/aromatic N) is 5. The van der Waals surface area contributed by atoms with Gasteiger partial charge in [0.25, 0.3) is 0 Å². The number of carbonyl (C=O) groups is 1. The molecule has 0 saturated carbocycles. The van der Waals surface area contributed by atoms with Crippen LogP contribution in [0.2, 0.25) is 5.02 Å². The Morgan fingerprint density at radius 1 is 1.21 bits per heavy atom. The number of amides is 1. The minimum Gasteiger partial charge on any atom is -0.444 e. The van der Waals surface area contributed by atoms with Gasteiger partial charge in [0.05, 0.1) is 16.1 Å². The first-order chi connectivity index (χ1) is 15.6. The van der Waals surface area contributed by atoms with Crippen molar-refractivity contribution in [1.29, 1.82) is 0 Å². The van der Waals surface area contributed by atoms with Gasteiger partial charge in [-0.3, -0.25) is 4.90 Å². The maximum atomic E-state index is 13.8. The highest BCUT2D eigenvalue weighted by molar-refractivity contribution is 6.30. The number of ether oxygens (including phenoxy) is 1. The summed E-state index contributed by atoms with van der Waals surface area (Å²) in [7, 11) is 0. The summed E-state index contributed by atoms with van der Waals surface area (Å²) in [5, 5.41) is 3.15. The van der Waals surface area contributed by atoms with Crippen LogP contribution in [0.4, 0.5) is 26.5 Å². The number of carbonyl (C=O) groups excluding carboxylic acids is 1. The second kappa shape index (κ2) is 7.69. The molecule has 3 aromatic rings. The van der Waals surface area contributed by atoms with Crippen LogP contribution >= 0.6 is 11.6 Å². The second-order valence-corrected chi connectivity index (χ2v) is 9.88. The van der Waals surface area contributed by atoms with Gasteiger partial charge >= 0.3 is 6.09 Å². The summed E-state index contributed by atoms with van der Waals surface area (Å²) in [4.78, 5) is 29.8. The van der Waals surface area contributed by atoms with Crippen LogP contribution in [0.1, 0.15) is 27.2 Å². The first kappa shape index (κ1) is 21.6. The summed E-state index contributed by atoms with van der Waals surface area (Å²) in [6.07, 6.45) is 2.10. The van der Waals surface area contributed by atoms with E-state index in [1.165, 1.54) is 18.5 Å². The topological polar surface area (TPSA) is 83.5 Å². The molecule has 1 aromatic carbocycles. The molecule has 0 aliphatic carbocycles. The number of rotatable bonds is 3. The van der Waals surface area contributed by atoms with Crippen molar-refractivity contribution in [3.8, 4) is 0 Å². The molecule has 1 spiro atoms. The Kier molecular flexibility index (Phi) is 5.04. The maximum absolute atomic E-state index is 13.8. The van der Waals surface area contributed by atoms with Gasteiger partial charge in [-0.2, -0.15) is 0 Å². The summed E-state index contributed by atoms with van der Waals surface area (Å²) in [5.41, 5.74) is 1.03. The summed E-state index contributed by atoms with van der Waals surface area (Å²) in [5.74, 6) is 0.719. The van der Waals surface area contributed by atoms with Gasteiger partial charge in [0, 0.05) is 25.3 Å². The molecule has 2 saturated heterocycles. The van der Waals surface area contributed by atoms with Gasteiger partial charge in [0.15, 0.2) is 5.82 Å². The number of hydrogen-bond acceptors (Lipinski definition) is 7. The Hall–Kier alpha value is -3.20. The van der Waals surface area contributed by atoms with E-state index in [1.54, 1.807) is 6.07 Å². The molecule has 2 aliphatic rings. The average molecular weight is 471 g/mol. The largest absolute Gasteiger partial charge is 0.444 e. The van der Waals surface area contributed by atoms with Crippen LogP contribution in [0.25, 0.3) is 11.0 Å². The van der Waals surface area contributed by atoms with E-state index in [9.17, 15) is 9.18 Å². The summed E-state index contributed by atoms with van der Waals surface area (Å²) in [6.45, 7) is 7.68. The number of fused-ring (bicyclic) bond motifs is 1. The molecule has 0 bridgehead atoms. The van der Waals surface area contributed by atoms with E-state index in [1.807, 2.05) is 37.8 Å². The van der Waals surface area contributed by atoms with E-state index in [0.29, 0.717) is 42.2 Å². The first-order valence-electron chi connectivity index (χ1n) is 10.7. The number of nitrogens with one attached hydrogen (secondary N) is 1. The predicted molar refractivity (Wildman–Crippen MR) is 125 cm³/mol. The van der Waals surface area contributed by atoms with Gasteiger partial charge in [-0.15, -0.1) is 0 Å². The molecule has 1 amide bonds. The molecule has 10 heteroatoms. The lowest BCUT2D eigenvalue weighted by molar-refractivity contribution is -0.0562. The van der Waals surface area contributed by atoms with Crippen molar-refractivity contribution in [3.63, 3.8) is 0 Å². The standard InChI is InChI=1S/C23H24ClFN6O2/c1-22(2,3)33-21(32)31-9-8-23(31)11-30(12-23)18-7-6-17-19(29-18)20(27-13-26-17)28-14-4-5-15(24)16(25)10-14/h4-7,10,13H,8-9,11-12H2,1-3H3,(H,26,27,28). The summed E-state index contributed by atoms with van der Waals surface area (Å²) >= 11 is 5.78. The van der Waals surface area contributed by atoms with Gasteiger partial charge in [-0.05, 0) is 57.5 Å². The quantitative estimate of drug-likeness (QED) is 0.590. The smallest absolute Gasteiger partial charge is 0.410 e. The van der Waals surface area contributed by atoms with Gasteiger partial charge in [-0.1, -0.05) is 11.6 Å². The Labute approximate surface area is 195 Å². The third-order valence-electron chi connectivity index (χ3n) is 5.93. The summed E-state index contributed by atoms with van der Waals surface area (Å²) in [6, 6.07) is 8.25. The van der Waals surface area contributed by atoms with Crippen molar-refractivity contribution < 1.29 is 13.9 Å². The fourth-order valence-corrected chi connectivity index (χ4v) is 4.32. The molecule has 2 aliphatic heterocycles. The van der Waals surface area contributed by atoms with Crippen molar-refractivity contribution in [1.82, 2.24) is 19.9 Å². The zero-order chi connectivity index (χ0) is 23.4. The Balaban J connectivity index is 1.35. The summed E-state index contributed by atoms with van der Waals surface area (Å²) < 4.78 is 19.4. The molecule has 172 valence electrons. The number of hydrogen-bond donors (Lipinski definition) is 1. The van der Waals surface area contributed by atoms with Crippen LogP contribution in [-0.2, 0) is 4.74 Å². The van der Waals surface area contributed by atoms with Crippen molar-refractivity contribution in [2.24, 2.45) is 0 Å². The molecule has 1 N–H and O–H groups in total. The van der Waals surface area contributed by atoms with Crippen LogP contribution in [-0.4, -0.2) is 56.7 Å². The fourth-order valence-electron chi connectivity index (χ4n) is 4.20. The van der Waals surface area contributed by atoms with Gasteiger partial charge < -0.3 is 15.0 Å². The van der Waals surface area contributed by atoms with Crippen LogP contribution in [0.3, 0.4) is 0 Å². The highest BCUT2D eigenvalue weighted by Gasteiger charge is 2.56. The zero-order valence-corrected chi connectivity index (χ0v) is 19.4. The predicted octanol–water partition coefficient (Wildman–Crippen LogP) is 4.76. The van der Waals surface area contributed by atoms with Crippen molar-refractivity contribution in [2.45, 2.75) is 38.3 Å². The number of halogens is 2. The third kappa shape index (κ3) is 4.01. The van der Waals surface area contributed by atoms with E-state index in [-0.39, 0.29) is 16.7 Å². The van der Waals surface area contributed by atoms with Crippen molar-refractivity contribution in [2.75, 3.05) is 29.9 Å². The lowest BCUT2D eigenvalue weighted by atomic mass is 9.78. The van der Waals surface area contributed by atoms with Crippen LogP contribution in [0, 0.1) is 5.82 Å². The van der Waals surface area contributed by atoms with Crippen LogP contribution in [0.15, 0.2) is 36.7 Å². The number of anilines is 3. The Morgan fingerprint density at radius 2 is 2.00 bits per heavy atom. The van der Waals surface area contributed by atoms with Gasteiger partial charge in [0.2, 0.25) is 0 Å². The number of likely N-dealkylation sites (tertiary alicyclic amines) is 1. The van der Waals surface area contributed by atoms with E-state index in [0.717, 1.165) is 12.2 Å². The average Bonchev–Trinajstić information content (AvgIpc) is 2.68. The SMILES string of the molecule is CC(C)(C)OC(=O)N1CCC12CN(c1ccc3ncnc(Nc4ccc(Cl)c(F)c4)c3n1)C2. The van der Waals surface area contributed by atoms with Gasteiger partial charge in [0.1, 0.15) is 29.1 Å². The molecular formula is C23H24ClFN6O2. The molecule has 0 radical (unpaired) electrons. The minimum atomic E-state index is -0.520. The molecule has 0 unspecified atom stereocenters. The van der Waals surface area contributed by atoms with E-state index < -0.39 is 11.4 Å². The van der Waals surface area contributed by atoms with Crippen LogP contribution in [0.5, 0.6) is 0 Å². The van der Waals surface area contributed by atoms with Gasteiger partial charge in [-0.25, -0.2) is 24.1 Å². The minimum absolute atomic E-state index is 0.0524. The first-order valence-corrected chi connectivity index (χ1v) is 11.1. The maximum Gasteiger partial charge on any atom is 0.410 e. The Morgan fingerprint density at radius 3 is 2.67 bits per heavy atom. The second-order valence-electron chi connectivity index (χ2n) is 9.48. The van der Waals surface area contributed by atoms with E-state index >= 15 is 0 Å². The monoisotopic (exact) mass is 470 g/mol. The molecule has 5 rings (SSSR count). The molecule has 33 heavy (non-hydrogen) atoms.